The van der Waals surface area contributed by atoms with Gasteiger partial charge in [0.1, 0.15) is 0 Å². The van der Waals surface area contributed by atoms with Crippen molar-refractivity contribution in [3.63, 3.8) is 0 Å². The van der Waals surface area contributed by atoms with E-state index >= 15 is 0 Å². The number of nitrogens with zero attached hydrogens (tertiary/aromatic N) is 3. The van der Waals surface area contributed by atoms with E-state index in [1.54, 1.807) is 0 Å². The number of aliphatic carboxylic acids is 1. The van der Waals surface area contributed by atoms with Crippen molar-refractivity contribution in [2.24, 2.45) is 0 Å². The molecule has 0 spiro atoms. The van der Waals surface area contributed by atoms with Crippen LogP contribution in [0.4, 0.5) is 5.95 Å². The predicted molar refractivity (Wildman–Crippen MR) is 75.2 cm³/mol. The van der Waals surface area contributed by atoms with Crippen LogP contribution in [0.5, 0.6) is 0 Å². The molecule has 1 fully saturated rings. The van der Waals surface area contributed by atoms with Gasteiger partial charge in [-0.3, -0.25) is 4.79 Å². The summed E-state index contributed by atoms with van der Waals surface area (Å²) in [5, 5.41) is 9.04. The van der Waals surface area contributed by atoms with Crippen LogP contribution in [-0.2, 0) is 28.8 Å². The van der Waals surface area contributed by atoms with Gasteiger partial charge in [-0.05, 0) is 12.8 Å². The minimum Gasteiger partial charge on any atom is -0.481 e. The van der Waals surface area contributed by atoms with E-state index in [0.717, 1.165) is 42.9 Å². The molecule has 1 aliphatic rings. The van der Waals surface area contributed by atoms with Gasteiger partial charge in [-0.2, -0.15) is 0 Å². The Hall–Kier alpha value is -1.69. The average Bonchev–Trinajstić information content (AvgIpc) is 2.47. The van der Waals surface area contributed by atoms with Gasteiger partial charge < -0.3 is 14.7 Å². The number of aryl methyl sites for hydroxylation is 2. The zero-order valence-corrected chi connectivity index (χ0v) is 12.1. The molecule has 1 aromatic rings. The Morgan fingerprint density at radius 1 is 1.20 bits per heavy atom. The van der Waals surface area contributed by atoms with Crippen molar-refractivity contribution in [2.45, 2.75) is 33.1 Å². The molecule has 6 heteroatoms. The summed E-state index contributed by atoms with van der Waals surface area (Å²) in [7, 11) is 0. The number of rotatable bonds is 5. The molecule has 0 aromatic carbocycles. The Morgan fingerprint density at radius 3 is 2.20 bits per heavy atom. The lowest BCUT2D eigenvalue weighted by molar-refractivity contribution is -0.136. The average molecular weight is 279 g/mol. The highest BCUT2D eigenvalue weighted by atomic mass is 16.5. The molecule has 0 saturated carbocycles. The highest BCUT2D eigenvalue weighted by Crippen LogP contribution is 2.19. The second-order valence-electron chi connectivity index (χ2n) is 4.77. The first-order valence-electron chi connectivity index (χ1n) is 7.08. The summed E-state index contributed by atoms with van der Waals surface area (Å²) in [6, 6.07) is 0. The second-order valence-corrected chi connectivity index (χ2v) is 4.77. The van der Waals surface area contributed by atoms with Crippen LogP contribution < -0.4 is 4.90 Å². The van der Waals surface area contributed by atoms with Gasteiger partial charge in [-0.15, -0.1) is 0 Å². The molecule has 0 atom stereocenters. The normalized spacial score (nSPS) is 15.4. The maximum atomic E-state index is 11.0. The summed E-state index contributed by atoms with van der Waals surface area (Å²) >= 11 is 0. The first-order chi connectivity index (χ1) is 9.65. The van der Waals surface area contributed by atoms with E-state index in [9.17, 15) is 4.79 Å². The van der Waals surface area contributed by atoms with Crippen molar-refractivity contribution in [3.8, 4) is 0 Å². The maximum Gasteiger partial charge on any atom is 0.307 e. The molecule has 0 amide bonds. The van der Waals surface area contributed by atoms with Crippen LogP contribution in [0.1, 0.15) is 30.8 Å². The first-order valence-corrected chi connectivity index (χ1v) is 7.08. The van der Waals surface area contributed by atoms with Crippen LogP contribution in [0.25, 0.3) is 0 Å². The molecule has 1 N–H and O–H groups in total. The number of hydrogen-bond donors (Lipinski definition) is 1. The summed E-state index contributed by atoms with van der Waals surface area (Å²) in [5.41, 5.74) is 2.47. The molecular formula is C14H21N3O3. The molecule has 6 nitrogen and oxygen atoms in total. The lowest BCUT2D eigenvalue weighted by atomic mass is 10.0. The van der Waals surface area contributed by atoms with Crippen molar-refractivity contribution < 1.29 is 14.6 Å². The van der Waals surface area contributed by atoms with Crippen molar-refractivity contribution in [1.82, 2.24) is 9.97 Å². The molecule has 20 heavy (non-hydrogen) atoms. The highest BCUT2D eigenvalue weighted by molar-refractivity contribution is 5.71. The van der Waals surface area contributed by atoms with E-state index in [-0.39, 0.29) is 6.42 Å². The molecule has 110 valence electrons. The second kappa shape index (κ2) is 6.65. The third-order valence-corrected chi connectivity index (χ3v) is 3.46. The third-order valence-electron chi connectivity index (χ3n) is 3.46. The van der Waals surface area contributed by atoms with Gasteiger partial charge in [0, 0.05) is 30.0 Å². The number of carboxylic acid groups (broad SMARTS) is 1. The summed E-state index contributed by atoms with van der Waals surface area (Å²) in [5.74, 6) is -0.131. The van der Waals surface area contributed by atoms with Gasteiger partial charge in [0.05, 0.1) is 19.6 Å². The largest absolute Gasteiger partial charge is 0.481 e. The van der Waals surface area contributed by atoms with Crippen molar-refractivity contribution in [3.05, 3.63) is 17.0 Å². The van der Waals surface area contributed by atoms with E-state index in [2.05, 4.69) is 14.9 Å². The SMILES string of the molecule is CCc1nc(N2CCOCC2)nc(CC)c1CC(=O)O. The summed E-state index contributed by atoms with van der Waals surface area (Å²) < 4.78 is 5.34. The third kappa shape index (κ3) is 3.25. The molecule has 0 radical (unpaired) electrons. The van der Waals surface area contributed by atoms with Crippen molar-refractivity contribution in [2.75, 3.05) is 31.2 Å². The molecule has 2 heterocycles. The number of ether oxygens (including phenoxy) is 1. The quantitative estimate of drug-likeness (QED) is 0.868. The lowest BCUT2D eigenvalue weighted by Crippen LogP contribution is -2.37. The Balaban J connectivity index is 2.37. The fourth-order valence-corrected chi connectivity index (χ4v) is 2.41. The van der Waals surface area contributed by atoms with Crippen molar-refractivity contribution in [1.29, 1.82) is 0 Å². The van der Waals surface area contributed by atoms with Crippen molar-refractivity contribution >= 4 is 11.9 Å². The van der Waals surface area contributed by atoms with E-state index < -0.39 is 5.97 Å². The van der Waals surface area contributed by atoms with E-state index in [0.29, 0.717) is 19.2 Å². The minimum atomic E-state index is -0.836. The maximum absolute atomic E-state index is 11.0. The van der Waals surface area contributed by atoms with E-state index in [4.69, 9.17) is 9.84 Å². The summed E-state index contributed by atoms with van der Waals surface area (Å²) in [4.78, 5) is 22.3. The van der Waals surface area contributed by atoms with Gasteiger partial charge in [0.15, 0.2) is 0 Å². The van der Waals surface area contributed by atoms with Crippen LogP contribution in [0, 0.1) is 0 Å². The molecule has 0 bridgehead atoms. The highest BCUT2D eigenvalue weighted by Gasteiger charge is 2.19. The number of aromatic nitrogens is 2. The smallest absolute Gasteiger partial charge is 0.307 e. The molecule has 1 aromatic heterocycles. The van der Waals surface area contributed by atoms with E-state index in [1.807, 2.05) is 13.8 Å². The van der Waals surface area contributed by atoms with Crippen LogP contribution >= 0.6 is 0 Å². The first kappa shape index (κ1) is 14.7. The molecule has 1 saturated heterocycles. The fourth-order valence-electron chi connectivity index (χ4n) is 2.41. The number of morpholine rings is 1. The molecule has 0 unspecified atom stereocenters. The zero-order chi connectivity index (χ0) is 14.5. The fraction of sp³-hybridized carbons (Fsp3) is 0.643. The lowest BCUT2D eigenvalue weighted by Gasteiger charge is -2.28. The minimum absolute atomic E-state index is 0.00423. The van der Waals surface area contributed by atoms with Gasteiger partial charge in [0.25, 0.3) is 0 Å². The molecule has 1 aliphatic heterocycles. The topological polar surface area (TPSA) is 75.5 Å². The number of carboxylic acids is 1. The van der Waals surface area contributed by atoms with Crippen LogP contribution in [0.2, 0.25) is 0 Å². The van der Waals surface area contributed by atoms with Crippen LogP contribution in [0.3, 0.4) is 0 Å². The van der Waals surface area contributed by atoms with Gasteiger partial charge in [-0.1, -0.05) is 13.8 Å². The Kier molecular flexibility index (Phi) is 4.89. The molecule has 2 rings (SSSR count). The molecule has 0 aliphatic carbocycles. The number of anilines is 1. The zero-order valence-electron chi connectivity index (χ0n) is 12.1. The summed E-state index contributed by atoms with van der Waals surface area (Å²) in [6.45, 7) is 6.92. The van der Waals surface area contributed by atoms with Gasteiger partial charge in [0.2, 0.25) is 5.95 Å². The Labute approximate surface area is 118 Å². The van der Waals surface area contributed by atoms with Gasteiger partial charge >= 0.3 is 5.97 Å². The summed E-state index contributed by atoms with van der Waals surface area (Å²) in [6.07, 6.45) is 1.43. The van der Waals surface area contributed by atoms with Gasteiger partial charge in [-0.25, -0.2) is 9.97 Å². The van der Waals surface area contributed by atoms with Crippen LogP contribution in [-0.4, -0.2) is 47.3 Å². The van der Waals surface area contributed by atoms with E-state index in [1.165, 1.54) is 0 Å². The monoisotopic (exact) mass is 279 g/mol. The number of carbonyl (C=O) groups is 1. The standard InChI is InChI=1S/C14H21N3O3/c1-3-11-10(9-13(18)19)12(4-2)16-14(15-11)17-5-7-20-8-6-17/h3-9H2,1-2H3,(H,18,19). The predicted octanol–water partition coefficient (Wildman–Crippen LogP) is 1.07. The Bertz CT molecular complexity index is 460. The number of hydrogen-bond acceptors (Lipinski definition) is 5. The Morgan fingerprint density at radius 2 is 1.75 bits per heavy atom. The molecular weight excluding hydrogens is 258 g/mol. The van der Waals surface area contributed by atoms with Crippen LogP contribution in [0.15, 0.2) is 0 Å².